The molecule has 6 nitrogen and oxygen atoms in total. The third-order valence-electron chi connectivity index (χ3n) is 2.82. The van der Waals surface area contributed by atoms with E-state index in [1.165, 1.54) is 19.1 Å². The molecule has 0 spiro atoms. The second kappa shape index (κ2) is 7.53. The minimum absolute atomic E-state index is 0.0199. The Morgan fingerprint density at radius 3 is 2.36 bits per heavy atom. The molecule has 0 radical (unpaired) electrons. The van der Waals surface area contributed by atoms with E-state index in [0.29, 0.717) is 0 Å². The van der Waals surface area contributed by atoms with Gasteiger partial charge in [0.05, 0.1) is 5.69 Å². The van der Waals surface area contributed by atoms with Crippen LogP contribution in [0, 0.1) is 11.7 Å². The predicted molar refractivity (Wildman–Crippen MR) is 79.0 cm³/mol. The van der Waals surface area contributed by atoms with Crippen molar-refractivity contribution in [2.45, 2.75) is 33.2 Å². The van der Waals surface area contributed by atoms with Gasteiger partial charge in [-0.15, -0.1) is 0 Å². The van der Waals surface area contributed by atoms with Gasteiger partial charge in [-0.1, -0.05) is 13.8 Å². The van der Waals surface area contributed by atoms with Crippen LogP contribution in [-0.4, -0.2) is 28.9 Å². The summed E-state index contributed by atoms with van der Waals surface area (Å²) in [6, 6.07) is 2.46. The van der Waals surface area contributed by atoms with Crippen molar-refractivity contribution in [3.8, 4) is 0 Å². The average Bonchev–Trinajstić information content (AvgIpc) is 2.39. The molecule has 0 fully saturated rings. The Morgan fingerprint density at radius 2 is 1.86 bits per heavy atom. The number of carbonyl (C=O) groups is 3. The lowest BCUT2D eigenvalue weighted by Crippen LogP contribution is -2.38. The zero-order chi connectivity index (χ0) is 16.9. The quantitative estimate of drug-likeness (QED) is 0.749. The molecule has 0 aromatic heterocycles. The Bertz CT molecular complexity index is 587. The third kappa shape index (κ3) is 5.16. The molecule has 120 valence electrons. The molecule has 22 heavy (non-hydrogen) atoms. The van der Waals surface area contributed by atoms with Crippen molar-refractivity contribution < 1.29 is 23.9 Å². The summed E-state index contributed by atoms with van der Waals surface area (Å²) in [5.74, 6) is -2.82. The number of anilines is 1. The van der Waals surface area contributed by atoms with Crippen LogP contribution in [0.5, 0.6) is 0 Å². The van der Waals surface area contributed by atoms with E-state index in [1.807, 2.05) is 13.8 Å². The Balaban J connectivity index is 2.79. The summed E-state index contributed by atoms with van der Waals surface area (Å²) in [5.41, 5.74) is -0.0408. The first-order valence-corrected chi connectivity index (χ1v) is 6.83. The number of carbonyl (C=O) groups excluding carboxylic acids is 2. The molecular formula is C15H19FN2O4. The number of hydrogen-bond acceptors (Lipinski definition) is 3. The molecule has 0 saturated carbocycles. The van der Waals surface area contributed by atoms with Crippen molar-refractivity contribution in [2.24, 2.45) is 5.92 Å². The van der Waals surface area contributed by atoms with E-state index >= 15 is 0 Å². The zero-order valence-corrected chi connectivity index (χ0v) is 12.6. The molecule has 0 saturated heterocycles. The number of aliphatic carboxylic acids is 1. The molecule has 0 aliphatic rings. The molecule has 1 atom stereocenters. The third-order valence-corrected chi connectivity index (χ3v) is 2.82. The molecule has 0 aliphatic heterocycles. The lowest BCUT2D eigenvalue weighted by atomic mass is 10.1. The summed E-state index contributed by atoms with van der Waals surface area (Å²) < 4.78 is 13.9. The first-order chi connectivity index (χ1) is 10.2. The maximum Gasteiger partial charge on any atom is 0.325 e. The summed E-state index contributed by atoms with van der Waals surface area (Å²) in [5, 5.41) is 13.4. The molecule has 0 unspecified atom stereocenters. The van der Waals surface area contributed by atoms with E-state index in [9.17, 15) is 18.8 Å². The standard InChI is InChI=1S/C15H19FN2O4/c1-8(2)6-13(19)18-12-5-4-10(7-11(12)16)14(20)17-9(3)15(21)22/h4-5,7-9H,6H2,1-3H3,(H,17,20)(H,18,19)(H,21,22)/t9-/m0/s1. The molecular weight excluding hydrogens is 291 g/mol. The van der Waals surface area contributed by atoms with E-state index in [2.05, 4.69) is 10.6 Å². The fourth-order valence-electron chi connectivity index (χ4n) is 1.67. The molecule has 1 aromatic rings. The fourth-order valence-corrected chi connectivity index (χ4v) is 1.67. The normalized spacial score (nSPS) is 11.9. The minimum atomic E-state index is -1.19. The average molecular weight is 310 g/mol. The van der Waals surface area contributed by atoms with Crippen molar-refractivity contribution in [1.82, 2.24) is 5.32 Å². The van der Waals surface area contributed by atoms with E-state index in [-0.39, 0.29) is 29.5 Å². The first-order valence-electron chi connectivity index (χ1n) is 6.83. The lowest BCUT2D eigenvalue weighted by molar-refractivity contribution is -0.138. The van der Waals surface area contributed by atoms with Gasteiger partial charge in [-0.25, -0.2) is 4.39 Å². The molecule has 2 amide bonds. The van der Waals surface area contributed by atoms with Gasteiger partial charge in [0.2, 0.25) is 5.91 Å². The number of carboxylic acids is 1. The van der Waals surface area contributed by atoms with Crippen molar-refractivity contribution in [1.29, 1.82) is 0 Å². The van der Waals surface area contributed by atoms with Gasteiger partial charge in [0.15, 0.2) is 0 Å². The van der Waals surface area contributed by atoms with E-state index < -0.39 is 23.7 Å². The molecule has 1 rings (SSSR count). The van der Waals surface area contributed by atoms with Crippen LogP contribution in [0.2, 0.25) is 0 Å². The van der Waals surface area contributed by atoms with Gasteiger partial charge in [0.25, 0.3) is 5.91 Å². The SMILES string of the molecule is CC(C)CC(=O)Nc1ccc(C(=O)N[C@@H](C)C(=O)O)cc1F. The van der Waals surface area contributed by atoms with Crippen molar-refractivity contribution in [2.75, 3.05) is 5.32 Å². The van der Waals surface area contributed by atoms with Crippen molar-refractivity contribution in [3.05, 3.63) is 29.6 Å². The summed E-state index contributed by atoms with van der Waals surface area (Å²) >= 11 is 0. The molecule has 0 bridgehead atoms. The lowest BCUT2D eigenvalue weighted by Gasteiger charge is -2.11. The first kappa shape index (κ1) is 17.6. The smallest absolute Gasteiger partial charge is 0.325 e. The van der Waals surface area contributed by atoms with Crippen LogP contribution in [0.3, 0.4) is 0 Å². The summed E-state index contributed by atoms with van der Waals surface area (Å²) in [6.07, 6.45) is 0.262. The van der Waals surface area contributed by atoms with Crippen molar-refractivity contribution in [3.63, 3.8) is 0 Å². The van der Waals surface area contributed by atoms with Crippen LogP contribution < -0.4 is 10.6 Å². The highest BCUT2D eigenvalue weighted by molar-refractivity contribution is 5.97. The number of benzene rings is 1. The van der Waals surface area contributed by atoms with Crippen LogP contribution >= 0.6 is 0 Å². The highest BCUT2D eigenvalue weighted by Crippen LogP contribution is 2.17. The second-order valence-corrected chi connectivity index (χ2v) is 5.37. The molecule has 7 heteroatoms. The largest absolute Gasteiger partial charge is 0.480 e. The number of amides is 2. The number of halogens is 1. The van der Waals surface area contributed by atoms with Crippen LogP contribution in [0.1, 0.15) is 37.6 Å². The van der Waals surface area contributed by atoms with Crippen LogP contribution in [-0.2, 0) is 9.59 Å². The summed E-state index contributed by atoms with van der Waals surface area (Å²) in [6.45, 7) is 5.04. The number of carboxylic acid groups (broad SMARTS) is 1. The fraction of sp³-hybridized carbons (Fsp3) is 0.400. The topological polar surface area (TPSA) is 95.5 Å². The van der Waals surface area contributed by atoms with Gasteiger partial charge in [-0.3, -0.25) is 14.4 Å². The Hall–Kier alpha value is -2.44. The predicted octanol–water partition coefficient (Wildman–Crippen LogP) is 2.01. The maximum atomic E-state index is 13.9. The minimum Gasteiger partial charge on any atom is -0.480 e. The highest BCUT2D eigenvalue weighted by Gasteiger charge is 2.17. The molecule has 0 heterocycles. The maximum absolute atomic E-state index is 13.9. The van der Waals surface area contributed by atoms with Crippen molar-refractivity contribution >= 4 is 23.5 Å². The Labute approximate surface area is 127 Å². The molecule has 0 aliphatic carbocycles. The highest BCUT2D eigenvalue weighted by atomic mass is 19.1. The Kier molecular flexibility index (Phi) is 6.03. The molecule has 3 N–H and O–H groups in total. The number of rotatable bonds is 6. The van der Waals surface area contributed by atoms with Crippen LogP contribution in [0.15, 0.2) is 18.2 Å². The summed E-state index contributed by atoms with van der Waals surface area (Å²) in [4.78, 5) is 34.0. The van der Waals surface area contributed by atoms with Gasteiger partial charge in [-0.2, -0.15) is 0 Å². The van der Waals surface area contributed by atoms with Gasteiger partial charge < -0.3 is 15.7 Å². The van der Waals surface area contributed by atoms with Gasteiger partial charge in [0.1, 0.15) is 11.9 Å². The van der Waals surface area contributed by atoms with E-state index in [1.54, 1.807) is 0 Å². The zero-order valence-electron chi connectivity index (χ0n) is 12.6. The van der Waals surface area contributed by atoms with Gasteiger partial charge >= 0.3 is 5.97 Å². The van der Waals surface area contributed by atoms with E-state index in [4.69, 9.17) is 5.11 Å². The van der Waals surface area contributed by atoms with E-state index in [0.717, 1.165) is 6.07 Å². The van der Waals surface area contributed by atoms with Gasteiger partial charge in [0, 0.05) is 12.0 Å². The monoisotopic (exact) mass is 310 g/mol. The number of hydrogen-bond donors (Lipinski definition) is 3. The molecule has 1 aromatic carbocycles. The van der Waals surface area contributed by atoms with Gasteiger partial charge in [-0.05, 0) is 31.0 Å². The Morgan fingerprint density at radius 1 is 1.23 bits per heavy atom. The van der Waals surface area contributed by atoms with Crippen LogP contribution in [0.4, 0.5) is 10.1 Å². The number of nitrogens with one attached hydrogen (secondary N) is 2. The second-order valence-electron chi connectivity index (χ2n) is 5.37. The summed E-state index contributed by atoms with van der Waals surface area (Å²) in [7, 11) is 0. The van der Waals surface area contributed by atoms with Crippen LogP contribution in [0.25, 0.3) is 0 Å².